The van der Waals surface area contributed by atoms with E-state index < -0.39 is 0 Å². The Kier molecular flexibility index (Phi) is 1.06. The quantitative estimate of drug-likeness (QED) is 0.486. The number of rotatable bonds is 0. The molecular formula is C6H8N2O. The molecule has 3 nitrogen and oxygen atoms in total. The number of hydrogen-bond acceptors (Lipinski definition) is 2. The van der Waals surface area contributed by atoms with Crippen molar-refractivity contribution < 1.29 is 4.79 Å². The summed E-state index contributed by atoms with van der Waals surface area (Å²) in [7, 11) is 1.64. The second-order valence-corrected chi connectivity index (χ2v) is 1.96. The molecule has 0 unspecified atom stereocenters. The highest BCUT2D eigenvalue weighted by atomic mass is 16.2. The Morgan fingerprint density at radius 3 is 2.44 bits per heavy atom. The molecule has 0 fully saturated rings. The Morgan fingerprint density at radius 1 is 1.78 bits per heavy atom. The number of carbonyl (C=O) groups excluding carboxylic acids is 1. The van der Waals surface area contributed by atoms with Crippen LogP contribution in [-0.4, -0.2) is 17.9 Å². The third kappa shape index (κ3) is 0.700. The van der Waals surface area contributed by atoms with Crippen molar-refractivity contribution in [1.29, 1.82) is 0 Å². The fourth-order valence-corrected chi connectivity index (χ4v) is 0.662. The highest BCUT2D eigenvalue weighted by Gasteiger charge is 2.19. The van der Waals surface area contributed by atoms with Crippen molar-refractivity contribution >= 4 is 5.91 Å². The summed E-state index contributed by atoms with van der Waals surface area (Å²) in [4.78, 5) is 12.2. The van der Waals surface area contributed by atoms with Crippen LogP contribution in [0.4, 0.5) is 0 Å². The molecule has 0 spiro atoms. The van der Waals surface area contributed by atoms with E-state index in [9.17, 15) is 4.79 Å². The van der Waals surface area contributed by atoms with Gasteiger partial charge < -0.3 is 10.6 Å². The Balaban J connectivity index is 2.95. The van der Waals surface area contributed by atoms with Gasteiger partial charge in [-0.3, -0.25) is 4.79 Å². The molecule has 0 aliphatic carbocycles. The third-order valence-electron chi connectivity index (χ3n) is 1.30. The maximum absolute atomic E-state index is 10.8. The van der Waals surface area contributed by atoms with Gasteiger partial charge in [-0.1, -0.05) is 6.58 Å². The molecular weight excluding hydrogens is 116 g/mol. The van der Waals surface area contributed by atoms with Gasteiger partial charge in [-0.15, -0.1) is 0 Å². The molecule has 0 aromatic carbocycles. The molecule has 0 aromatic heterocycles. The second kappa shape index (κ2) is 1.62. The van der Waals surface area contributed by atoms with Gasteiger partial charge in [0.05, 0.1) is 5.70 Å². The van der Waals surface area contributed by atoms with Crippen LogP contribution in [0.25, 0.3) is 0 Å². The van der Waals surface area contributed by atoms with Gasteiger partial charge in [-0.2, -0.15) is 0 Å². The predicted molar refractivity (Wildman–Crippen MR) is 34.2 cm³/mol. The van der Waals surface area contributed by atoms with E-state index in [1.807, 2.05) is 0 Å². The summed E-state index contributed by atoms with van der Waals surface area (Å²) in [5, 5.41) is 0. The lowest BCUT2D eigenvalue weighted by Gasteiger charge is -2.07. The van der Waals surface area contributed by atoms with Gasteiger partial charge in [-0.05, 0) is 6.08 Å². The Bertz CT molecular complexity index is 205. The minimum Gasteiger partial charge on any atom is -0.394 e. The number of allylic oxidation sites excluding steroid dienone is 1. The molecule has 1 rings (SSSR count). The zero-order chi connectivity index (χ0) is 7.02. The van der Waals surface area contributed by atoms with Gasteiger partial charge in [-0.25, -0.2) is 0 Å². The zero-order valence-corrected chi connectivity index (χ0v) is 5.22. The summed E-state index contributed by atoms with van der Waals surface area (Å²) in [6, 6.07) is 0. The van der Waals surface area contributed by atoms with Crippen molar-refractivity contribution in [3.05, 3.63) is 24.0 Å². The average molecular weight is 124 g/mol. The first-order valence-electron chi connectivity index (χ1n) is 2.57. The molecule has 0 atom stereocenters. The van der Waals surface area contributed by atoms with E-state index in [1.54, 1.807) is 13.1 Å². The number of amides is 1. The maximum atomic E-state index is 10.8. The van der Waals surface area contributed by atoms with Crippen LogP contribution in [0.5, 0.6) is 0 Å². The van der Waals surface area contributed by atoms with Gasteiger partial charge >= 0.3 is 0 Å². The number of nitrogens with zero attached hydrogens (tertiary/aromatic N) is 1. The van der Waals surface area contributed by atoms with Crippen LogP contribution in [0.2, 0.25) is 0 Å². The monoisotopic (exact) mass is 124 g/mol. The zero-order valence-electron chi connectivity index (χ0n) is 5.22. The van der Waals surface area contributed by atoms with E-state index in [4.69, 9.17) is 5.73 Å². The van der Waals surface area contributed by atoms with E-state index in [0.717, 1.165) is 0 Å². The lowest BCUT2D eigenvalue weighted by atomic mass is 10.4. The van der Waals surface area contributed by atoms with Crippen LogP contribution >= 0.6 is 0 Å². The van der Waals surface area contributed by atoms with Crippen LogP contribution < -0.4 is 5.73 Å². The van der Waals surface area contributed by atoms with Crippen molar-refractivity contribution in [1.82, 2.24) is 4.90 Å². The third-order valence-corrected chi connectivity index (χ3v) is 1.30. The van der Waals surface area contributed by atoms with Gasteiger partial charge in [0.2, 0.25) is 0 Å². The summed E-state index contributed by atoms with van der Waals surface area (Å²) >= 11 is 0. The van der Waals surface area contributed by atoms with Crippen molar-refractivity contribution in [3.63, 3.8) is 0 Å². The van der Waals surface area contributed by atoms with E-state index >= 15 is 0 Å². The highest BCUT2D eigenvalue weighted by Crippen LogP contribution is 2.12. The van der Waals surface area contributed by atoms with Crippen molar-refractivity contribution in [3.8, 4) is 0 Å². The molecule has 48 valence electrons. The van der Waals surface area contributed by atoms with Crippen LogP contribution in [-0.2, 0) is 4.79 Å². The molecule has 0 radical (unpaired) electrons. The maximum Gasteiger partial charge on any atom is 0.273 e. The fraction of sp³-hybridized carbons (Fsp3) is 0.167. The predicted octanol–water partition coefficient (Wildman–Crippen LogP) is -0.185. The summed E-state index contributed by atoms with van der Waals surface area (Å²) < 4.78 is 0. The van der Waals surface area contributed by atoms with Crippen molar-refractivity contribution in [2.45, 2.75) is 0 Å². The summed E-state index contributed by atoms with van der Waals surface area (Å²) in [6.07, 6.45) is 1.56. The molecule has 9 heavy (non-hydrogen) atoms. The van der Waals surface area contributed by atoms with Gasteiger partial charge in [0.1, 0.15) is 0 Å². The standard InChI is InChI=1S/C6H8N2O/c1-4-3-5(7)6(9)8(4)2/h3H,1,7H2,2H3. The van der Waals surface area contributed by atoms with Crippen LogP contribution in [0.1, 0.15) is 0 Å². The number of likely N-dealkylation sites (N-methyl/N-ethyl adjacent to an activating group) is 1. The van der Waals surface area contributed by atoms with E-state index in [0.29, 0.717) is 5.70 Å². The molecule has 1 aliphatic heterocycles. The Morgan fingerprint density at radius 2 is 2.33 bits per heavy atom. The molecule has 1 aliphatic rings. The smallest absolute Gasteiger partial charge is 0.273 e. The number of carbonyl (C=O) groups is 1. The Labute approximate surface area is 53.4 Å². The minimum atomic E-state index is -0.167. The molecule has 0 bridgehead atoms. The normalized spacial score (nSPS) is 18.8. The molecule has 2 N–H and O–H groups in total. The van der Waals surface area contributed by atoms with Crippen LogP contribution in [0.3, 0.4) is 0 Å². The van der Waals surface area contributed by atoms with Crippen molar-refractivity contribution in [2.75, 3.05) is 7.05 Å². The number of hydrogen-bond donors (Lipinski definition) is 1. The second-order valence-electron chi connectivity index (χ2n) is 1.96. The van der Waals surface area contributed by atoms with Crippen LogP contribution in [0, 0.1) is 0 Å². The van der Waals surface area contributed by atoms with E-state index in [-0.39, 0.29) is 11.6 Å². The fourth-order valence-electron chi connectivity index (χ4n) is 0.662. The van der Waals surface area contributed by atoms with Crippen LogP contribution in [0.15, 0.2) is 24.0 Å². The van der Waals surface area contributed by atoms with Gasteiger partial charge in [0.25, 0.3) is 5.91 Å². The summed E-state index contributed by atoms with van der Waals surface area (Å²) in [5.74, 6) is -0.167. The molecule has 1 amide bonds. The van der Waals surface area contributed by atoms with Gasteiger partial charge in [0.15, 0.2) is 0 Å². The minimum absolute atomic E-state index is 0.167. The lowest BCUT2D eigenvalue weighted by molar-refractivity contribution is -0.123. The molecule has 0 saturated carbocycles. The van der Waals surface area contributed by atoms with Crippen molar-refractivity contribution in [2.24, 2.45) is 5.73 Å². The number of nitrogens with two attached hydrogens (primary N) is 1. The first-order chi connectivity index (χ1) is 4.13. The largest absolute Gasteiger partial charge is 0.394 e. The SMILES string of the molecule is C=C1C=C(N)C(=O)N1C. The summed E-state index contributed by atoms with van der Waals surface area (Å²) in [6.45, 7) is 3.58. The topological polar surface area (TPSA) is 46.3 Å². The highest BCUT2D eigenvalue weighted by molar-refractivity contribution is 5.97. The molecule has 3 heteroatoms. The summed E-state index contributed by atoms with van der Waals surface area (Å²) in [5.41, 5.74) is 6.18. The average Bonchev–Trinajstić information content (AvgIpc) is 1.98. The molecule has 1 heterocycles. The molecule has 0 saturated heterocycles. The first-order valence-corrected chi connectivity index (χ1v) is 2.57. The van der Waals surface area contributed by atoms with Gasteiger partial charge in [0, 0.05) is 12.7 Å². The van der Waals surface area contributed by atoms with E-state index in [2.05, 4.69) is 6.58 Å². The first kappa shape index (κ1) is 5.88. The Hall–Kier alpha value is -1.25. The van der Waals surface area contributed by atoms with E-state index in [1.165, 1.54) is 4.90 Å². The lowest BCUT2D eigenvalue weighted by Crippen LogP contribution is -2.22. The molecule has 0 aromatic rings.